The van der Waals surface area contributed by atoms with Gasteiger partial charge in [0.15, 0.2) is 0 Å². The van der Waals surface area contributed by atoms with E-state index in [1.165, 1.54) is 11.1 Å². The molecular weight excluding hydrogens is 366 g/mol. The molecule has 0 aliphatic carbocycles. The van der Waals surface area contributed by atoms with E-state index < -0.39 is 0 Å². The summed E-state index contributed by atoms with van der Waals surface area (Å²) in [5.74, 6) is 1.31. The smallest absolute Gasteiger partial charge is 0.253 e. The largest absolute Gasteiger partial charge is 0.497 e. The molecule has 1 aromatic heterocycles. The van der Waals surface area contributed by atoms with Gasteiger partial charge in [-0.1, -0.05) is 24.3 Å². The summed E-state index contributed by atoms with van der Waals surface area (Å²) in [4.78, 5) is 16.5. The van der Waals surface area contributed by atoms with E-state index in [0.29, 0.717) is 25.3 Å². The Bertz CT molecular complexity index is 942. The second-order valence-electron chi connectivity index (χ2n) is 6.52. The predicted octanol–water partition coefficient (Wildman–Crippen LogP) is 3.82. The Labute approximate surface area is 170 Å². The highest BCUT2D eigenvalue weighted by molar-refractivity contribution is 5.94. The zero-order valence-corrected chi connectivity index (χ0v) is 16.6. The van der Waals surface area contributed by atoms with Crippen LogP contribution in [0, 0.1) is 6.92 Å². The Morgan fingerprint density at radius 2 is 1.79 bits per heavy atom. The van der Waals surface area contributed by atoms with E-state index in [9.17, 15) is 4.79 Å². The maximum absolute atomic E-state index is 12.4. The third-order valence-electron chi connectivity index (χ3n) is 4.46. The molecule has 0 bridgehead atoms. The number of benzene rings is 2. The standard InChI is InChI=1S/C23H25N3O3/c1-17-5-3-4-6-18(17)15-26-20-13-19(14-24-16-20)23(27)25-11-12-29-22-9-7-21(28-2)8-10-22/h3-10,13-14,16,26H,11-12,15H2,1-2H3,(H,25,27). The third kappa shape index (κ3) is 5.97. The molecule has 3 rings (SSSR count). The number of carbonyl (C=O) groups is 1. The normalized spacial score (nSPS) is 10.3. The molecule has 150 valence electrons. The lowest BCUT2D eigenvalue weighted by Crippen LogP contribution is -2.28. The Hall–Kier alpha value is -3.54. The minimum Gasteiger partial charge on any atom is -0.497 e. The summed E-state index contributed by atoms with van der Waals surface area (Å²) in [6.07, 6.45) is 3.26. The van der Waals surface area contributed by atoms with Gasteiger partial charge in [0.25, 0.3) is 5.91 Å². The van der Waals surface area contributed by atoms with Crippen LogP contribution in [0.1, 0.15) is 21.5 Å². The molecule has 0 unspecified atom stereocenters. The number of rotatable bonds is 9. The summed E-state index contributed by atoms with van der Waals surface area (Å²) in [6.45, 7) is 3.52. The molecule has 0 saturated carbocycles. The van der Waals surface area contributed by atoms with Crippen LogP contribution in [0.2, 0.25) is 0 Å². The van der Waals surface area contributed by atoms with Gasteiger partial charge in [0.2, 0.25) is 0 Å². The number of pyridine rings is 1. The van der Waals surface area contributed by atoms with Crippen LogP contribution in [-0.4, -0.2) is 31.2 Å². The molecule has 29 heavy (non-hydrogen) atoms. The number of amides is 1. The van der Waals surface area contributed by atoms with Crippen molar-refractivity contribution >= 4 is 11.6 Å². The molecule has 1 heterocycles. The lowest BCUT2D eigenvalue weighted by Gasteiger charge is -2.11. The second kappa shape index (κ2) is 10.1. The zero-order valence-electron chi connectivity index (χ0n) is 16.6. The summed E-state index contributed by atoms with van der Waals surface area (Å²) in [7, 11) is 1.62. The summed E-state index contributed by atoms with van der Waals surface area (Å²) < 4.78 is 10.7. The van der Waals surface area contributed by atoms with Crippen LogP contribution in [0.25, 0.3) is 0 Å². The van der Waals surface area contributed by atoms with Crippen molar-refractivity contribution in [2.24, 2.45) is 0 Å². The monoisotopic (exact) mass is 391 g/mol. The van der Waals surface area contributed by atoms with Crippen LogP contribution in [0.5, 0.6) is 11.5 Å². The molecule has 6 nitrogen and oxygen atoms in total. The van der Waals surface area contributed by atoms with Gasteiger partial charge in [-0.2, -0.15) is 0 Å². The first-order valence-corrected chi connectivity index (χ1v) is 9.44. The molecule has 0 atom stereocenters. The van der Waals surface area contributed by atoms with Gasteiger partial charge in [-0.05, 0) is 48.4 Å². The van der Waals surface area contributed by atoms with Gasteiger partial charge in [0.05, 0.1) is 24.9 Å². The average molecular weight is 391 g/mol. The molecule has 1 amide bonds. The van der Waals surface area contributed by atoms with Crippen molar-refractivity contribution in [1.29, 1.82) is 0 Å². The van der Waals surface area contributed by atoms with Crippen molar-refractivity contribution in [2.45, 2.75) is 13.5 Å². The van der Waals surface area contributed by atoms with E-state index in [1.54, 1.807) is 25.6 Å². The fraction of sp³-hybridized carbons (Fsp3) is 0.217. The van der Waals surface area contributed by atoms with Gasteiger partial charge in [0, 0.05) is 18.9 Å². The van der Waals surface area contributed by atoms with Crippen LogP contribution >= 0.6 is 0 Å². The van der Waals surface area contributed by atoms with Gasteiger partial charge in [-0.15, -0.1) is 0 Å². The highest BCUT2D eigenvalue weighted by Crippen LogP contribution is 2.17. The Morgan fingerprint density at radius 3 is 2.55 bits per heavy atom. The minimum absolute atomic E-state index is 0.185. The topological polar surface area (TPSA) is 72.5 Å². The molecule has 0 radical (unpaired) electrons. The quantitative estimate of drug-likeness (QED) is 0.543. The van der Waals surface area contributed by atoms with Crippen molar-refractivity contribution in [3.8, 4) is 11.5 Å². The lowest BCUT2D eigenvalue weighted by atomic mass is 10.1. The molecule has 0 spiro atoms. The molecule has 3 aromatic rings. The van der Waals surface area contributed by atoms with E-state index in [0.717, 1.165) is 17.2 Å². The number of anilines is 1. The maximum atomic E-state index is 12.4. The average Bonchev–Trinajstić information content (AvgIpc) is 2.76. The van der Waals surface area contributed by atoms with Crippen LogP contribution in [0.15, 0.2) is 67.0 Å². The fourth-order valence-electron chi connectivity index (χ4n) is 2.77. The van der Waals surface area contributed by atoms with E-state index in [1.807, 2.05) is 36.4 Å². The number of hydrogen-bond acceptors (Lipinski definition) is 5. The first-order valence-electron chi connectivity index (χ1n) is 9.44. The minimum atomic E-state index is -0.185. The first kappa shape index (κ1) is 20.2. The number of aryl methyl sites for hydroxylation is 1. The number of ether oxygens (including phenoxy) is 2. The third-order valence-corrected chi connectivity index (χ3v) is 4.46. The number of nitrogens with zero attached hydrogens (tertiary/aromatic N) is 1. The van der Waals surface area contributed by atoms with Crippen molar-refractivity contribution < 1.29 is 14.3 Å². The number of methoxy groups -OCH3 is 1. The van der Waals surface area contributed by atoms with E-state index in [4.69, 9.17) is 9.47 Å². The fourth-order valence-corrected chi connectivity index (χ4v) is 2.77. The molecule has 2 aromatic carbocycles. The van der Waals surface area contributed by atoms with Gasteiger partial charge in [-0.25, -0.2) is 0 Å². The van der Waals surface area contributed by atoms with Crippen LogP contribution in [0.4, 0.5) is 5.69 Å². The zero-order chi connectivity index (χ0) is 20.5. The Kier molecular flexibility index (Phi) is 7.05. The SMILES string of the molecule is COc1ccc(OCCNC(=O)c2cncc(NCc3ccccc3C)c2)cc1. The van der Waals surface area contributed by atoms with Gasteiger partial charge in [-0.3, -0.25) is 9.78 Å². The number of carbonyl (C=O) groups excluding carboxylic acids is 1. The van der Waals surface area contributed by atoms with Crippen molar-refractivity contribution in [3.63, 3.8) is 0 Å². The number of hydrogen-bond donors (Lipinski definition) is 2. The van der Waals surface area contributed by atoms with Crippen LogP contribution in [0.3, 0.4) is 0 Å². The molecule has 2 N–H and O–H groups in total. The Balaban J connectivity index is 1.46. The highest BCUT2D eigenvalue weighted by Gasteiger charge is 2.07. The van der Waals surface area contributed by atoms with Gasteiger partial charge >= 0.3 is 0 Å². The van der Waals surface area contributed by atoms with Gasteiger partial charge in [0.1, 0.15) is 18.1 Å². The summed E-state index contributed by atoms with van der Waals surface area (Å²) in [6, 6.07) is 17.3. The predicted molar refractivity (Wildman–Crippen MR) is 114 cm³/mol. The van der Waals surface area contributed by atoms with E-state index >= 15 is 0 Å². The molecular formula is C23H25N3O3. The number of nitrogens with one attached hydrogen (secondary N) is 2. The van der Waals surface area contributed by atoms with Crippen LogP contribution in [-0.2, 0) is 6.54 Å². The van der Waals surface area contributed by atoms with Crippen LogP contribution < -0.4 is 20.1 Å². The van der Waals surface area contributed by atoms with E-state index in [-0.39, 0.29) is 5.91 Å². The summed E-state index contributed by atoms with van der Waals surface area (Å²) in [5, 5.41) is 6.16. The van der Waals surface area contributed by atoms with Gasteiger partial charge < -0.3 is 20.1 Å². The maximum Gasteiger partial charge on any atom is 0.253 e. The molecule has 0 aliphatic rings. The highest BCUT2D eigenvalue weighted by atomic mass is 16.5. The molecule has 0 fully saturated rings. The van der Waals surface area contributed by atoms with Crippen molar-refractivity contribution in [1.82, 2.24) is 10.3 Å². The molecule has 0 aliphatic heterocycles. The summed E-state index contributed by atoms with van der Waals surface area (Å²) in [5.41, 5.74) is 3.73. The van der Waals surface area contributed by atoms with Crippen molar-refractivity contribution in [3.05, 3.63) is 83.7 Å². The lowest BCUT2D eigenvalue weighted by molar-refractivity contribution is 0.0946. The number of aromatic nitrogens is 1. The van der Waals surface area contributed by atoms with E-state index in [2.05, 4.69) is 34.7 Å². The Morgan fingerprint density at radius 1 is 1.03 bits per heavy atom. The second-order valence-corrected chi connectivity index (χ2v) is 6.52. The molecule has 0 saturated heterocycles. The first-order chi connectivity index (χ1) is 14.2. The summed E-state index contributed by atoms with van der Waals surface area (Å²) >= 11 is 0. The van der Waals surface area contributed by atoms with Crippen molar-refractivity contribution in [2.75, 3.05) is 25.6 Å². The molecule has 6 heteroatoms.